The van der Waals surface area contributed by atoms with Crippen molar-refractivity contribution in [3.8, 4) is 0 Å². The molecule has 3 N–H and O–H groups in total. The zero-order valence-electron chi connectivity index (χ0n) is 16.8. The van der Waals surface area contributed by atoms with Crippen LogP contribution in [0.5, 0.6) is 0 Å². The summed E-state index contributed by atoms with van der Waals surface area (Å²) < 4.78 is 7.68. The van der Waals surface area contributed by atoms with Crippen LogP contribution < -0.4 is 22.3 Å². The van der Waals surface area contributed by atoms with Gasteiger partial charge in [0.1, 0.15) is 10.1 Å². The van der Waals surface area contributed by atoms with E-state index in [0.717, 1.165) is 17.4 Å². The second-order valence-electron chi connectivity index (χ2n) is 7.74. The number of nitrogens with one attached hydrogen (secondary N) is 1. The number of likely N-dealkylation sites (tertiary alicyclic amines) is 1. The Labute approximate surface area is 171 Å². The van der Waals surface area contributed by atoms with Crippen LogP contribution >= 0.6 is 15.9 Å². The highest BCUT2D eigenvalue weighted by Gasteiger charge is 2.25. The molecule has 1 saturated heterocycles. The van der Waals surface area contributed by atoms with Crippen molar-refractivity contribution in [3.63, 3.8) is 0 Å². The van der Waals surface area contributed by atoms with Gasteiger partial charge in [-0.2, -0.15) is 4.99 Å². The minimum Gasteiger partial charge on any atom is -0.444 e. The number of nitrogens with zero attached hydrogens (tertiary/aromatic N) is 4. The predicted molar refractivity (Wildman–Crippen MR) is 110 cm³/mol. The van der Waals surface area contributed by atoms with Gasteiger partial charge in [-0.1, -0.05) is 0 Å². The van der Waals surface area contributed by atoms with Crippen molar-refractivity contribution < 1.29 is 9.53 Å². The molecule has 10 nitrogen and oxygen atoms in total. The van der Waals surface area contributed by atoms with Crippen LogP contribution in [0.25, 0.3) is 0 Å². The summed E-state index contributed by atoms with van der Waals surface area (Å²) in [5, 5.41) is 2.84. The lowest BCUT2D eigenvalue weighted by Crippen LogP contribution is -2.52. The number of aliphatic imine (C=N–C) groups is 1. The third-order valence-electron chi connectivity index (χ3n) is 4.27. The number of guanidine groups is 1. The van der Waals surface area contributed by atoms with E-state index >= 15 is 0 Å². The maximum absolute atomic E-state index is 12.1. The van der Waals surface area contributed by atoms with Gasteiger partial charge in [0.05, 0.1) is 0 Å². The fraction of sp³-hybridized carbons (Fsp3) is 0.647. The molecule has 0 bridgehead atoms. The van der Waals surface area contributed by atoms with Crippen LogP contribution in [0.4, 0.5) is 10.6 Å². The molecule has 2 heterocycles. The van der Waals surface area contributed by atoms with Crippen molar-refractivity contribution in [2.45, 2.75) is 45.3 Å². The molecule has 28 heavy (non-hydrogen) atoms. The molecule has 11 heteroatoms. The molecule has 1 aromatic rings. The molecule has 1 fully saturated rings. The van der Waals surface area contributed by atoms with Crippen molar-refractivity contribution in [2.75, 3.05) is 13.1 Å². The topological polar surface area (TPSA) is 124 Å². The van der Waals surface area contributed by atoms with Crippen LogP contribution in [-0.2, 0) is 18.8 Å². The number of piperidine rings is 1. The number of hydrogen-bond acceptors (Lipinski definition) is 5. The normalized spacial score (nSPS) is 18.1. The number of aromatic nitrogens is 2. The van der Waals surface area contributed by atoms with Crippen LogP contribution in [0, 0.1) is 0 Å². The molecule has 0 saturated carbocycles. The Bertz CT molecular complexity index is 861. The van der Waals surface area contributed by atoms with Crippen LogP contribution in [-0.4, -0.2) is 50.8 Å². The second-order valence-corrected chi connectivity index (χ2v) is 8.54. The van der Waals surface area contributed by atoms with Gasteiger partial charge in [-0.25, -0.2) is 9.59 Å². The summed E-state index contributed by atoms with van der Waals surface area (Å²) in [7, 11) is 2.91. The number of halogens is 1. The predicted octanol–water partition coefficient (Wildman–Crippen LogP) is 0.782. The van der Waals surface area contributed by atoms with Gasteiger partial charge in [0, 0.05) is 33.2 Å². The average molecular weight is 459 g/mol. The first-order valence-electron chi connectivity index (χ1n) is 8.95. The van der Waals surface area contributed by atoms with Crippen molar-refractivity contribution in [2.24, 2.45) is 24.8 Å². The van der Waals surface area contributed by atoms with Gasteiger partial charge < -0.3 is 20.7 Å². The van der Waals surface area contributed by atoms with Crippen molar-refractivity contribution in [1.82, 2.24) is 19.4 Å². The molecule has 2 rings (SSSR count). The van der Waals surface area contributed by atoms with E-state index < -0.39 is 22.9 Å². The summed E-state index contributed by atoms with van der Waals surface area (Å²) in [6.45, 7) is 6.51. The Hall–Kier alpha value is -2.30. The van der Waals surface area contributed by atoms with E-state index in [0.29, 0.717) is 13.1 Å². The Balaban J connectivity index is 2.19. The molecule has 1 unspecified atom stereocenters. The van der Waals surface area contributed by atoms with E-state index in [1.54, 1.807) is 25.7 Å². The Morgan fingerprint density at radius 2 is 1.93 bits per heavy atom. The summed E-state index contributed by atoms with van der Waals surface area (Å²) in [4.78, 5) is 42.4. The molecule has 1 amide bonds. The summed E-state index contributed by atoms with van der Waals surface area (Å²) in [5.74, 6) is 0.312. The molecule has 0 aromatic carbocycles. The molecule has 1 aromatic heterocycles. The monoisotopic (exact) mass is 458 g/mol. The molecule has 0 aliphatic carbocycles. The minimum absolute atomic E-state index is 0.145. The summed E-state index contributed by atoms with van der Waals surface area (Å²) in [6.07, 6.45) is 1.11. The molecule has 1 aliphatic heterocycles. The van der Waals surface area contributed by atoms with Crippen LogP contribution in [0.1, 0.15) is 33.6 Å². The Morgan fingerprint density at radius 3 is 2.54 bits per heavy atom. The van der Waals surface area contributed by atoms with Crippen molar-refractivity contribution >= 4 is 33.8 Å². The number of carbonyl (C=O) groups excluding carboxylic acids is 1. The van der Waals surface area contributed by atoms with E-state index in [4.69, 9.17) is 10.5 Å². The lowest BCUT2D eigenvalue weighted by atomic mass is 10.1. The van der Waals surface area contributed by atoms with Gasteiger partial charge >= 0.3 is 11.8 Å². The van der Waals surface area contributed by atoms with Crippen LogP contribution in [0.15, 0.2) is 19.1 Å². The highest BCUT2D eigenvalue weighted by molar-refractivity contribution is 9.10. The molecule has 156 valence electrons. The lowest BCUT2D eigenvalue weighted by molar-refractivity contribution is 0.0485. The Morgan fingerprint density at radius 1 is 1.29 bits per heavy atom. The number of amides is 1. The number of nitrogens with two attached hydrogens (primary N) is 1. The average Bonchev–Trinajstić information content (AvgIpc) is 2.60. The first kappa shape index (κ1) is 22.0. The number of ether oxygens (including phenoxy) is 1. The Kier molecular flexibility index (Phi) is 6.58. The first-order valence-corrected chi connectivity index (χ1v) is 9.74. The van der Waals surface area contributed by atoms with Gasteiger partial charge in [-0.3, -0.25) is 13.9 Å². The largest absolute Gasteiger partial charge is 0.444 e. The highest BCUT2D eigenvalue weighted by atomic mass is 79.9. The smallest absolute Gasteiger partial charge is 0.407 e. The first-order chi connectivity index (χ1) is 12.9. The third-order valence-corrected chi connectivity index (χ3v) is 4.96. The van der Waals surface area contributed by atoms with E-state index in [-0.39, 0.29) is 22.3 Å². The van der Waals surface area contributed by atoms with Gasteiger partial charge in [-0.15, -0.1) is 0 Å². The summed E-state index contributed by atoms with van der Waals surface area (Å²) in [5.41, 5.74) is 4.58. The minimum atomic E-state index is -0.574. The summed E-state index contributed by atoms with van der Waals surface area (Å²) in [6, 6.07) is -0.145. The van der Waals surface area contributed by atoms with Gasteiger partial charge in [0.2, 0.25) is 0 Å². The second kappa shape index (κ2) is 8.38. The molecule has 0 spiro atoms. The number of rotatable bonds is 2. The standard InChI is InChI=1S/C17H27BrN6O4/c1-17(2,3)28-15(26)20-10-7-6-8-24(9-10)14(19)21-12-11(18)13(25)23(5)16(27)22(12)4/h10H,6-9H2,1-5H3,(H2,19,21)(H,20,26). The van der Waals surface area contributed by atoms with Crippen LogP contribution in [0.2, 0.25) is 0 Å². The lowest BCUT2D eigenvalue weighted by Gasteiger charge is -2.34. The fourth-order valence-electron chi connectivity index (χ4n) is 2.87. The summed E-state index contributed by atoms with van der Waals surface area (Å²) >= 11 is 3.19. The van der Waals surface area contributed by atoms with E-state index in [9.17, 15) is 14.4 Å². The molecular weight excluding hydrogens is 432 g/mol. The van der Waals surface area contributed by atoms with E-state index in [1.165, 1.54) is 18.7 Å². The highest BCUT2D eigenvalue weighted by Crippen LogP contribution is 2.20. The third kappa shape index (κ3) is 5.15. The number of hydrogen-bond donors (Lipinski definition) is 2. The van der Waals surface area contributed by atoms with Gasteiger partial charge in [0.15, 0.2) is 11.8 Å². The van der Waals surface area contributed by atoms with Gasteiger partial charge in [-0.05, 0) is 49.5 Å². The fourth-order valence-corrected chi connectivity index (χ4v) is 3.49. The number of alkyl carbamates (subject to hydrolysis) is 1. The molecular formula is C17H27BrN6O4. The number of carbonyl (C=O) groups is 1. The maximum atomic E-state index is 12.1. The van der Waals surface area contributed by atoms with Crippen molar-refractivity contribution in [3.05, 3.63) is 25.3 Å². The van der Waals surface area contributed by atoms with E-state index in [1.807, 2.05) is 0 Å². The van der Waals surface area contributed by atoms with Gasteiger partial charge in [0.25, 0.3) is 5.56 Å². The zero-order valence-corrected chi connectivity index (χ0v) is 18.4. The zero-order chi connectivity index (χ0) is 21.2. The molecule has 1 aliphatic rings. The quantitative estimate of drug-likeness (QED) is 0.498. The molecule has 1 atom stereocenters. The SMILES string of the molecule is Cn1c(/N=C(\N)N2CCCC(NC(=O)OC(C)(C)C)C2)c(Br)c(=O)n(C)c1=O. The van der Waals surface area contributed by atoms with Crippen LogP contribution in [0.3, 0.4) is 0 Å². The van der Waals surface area contributed by atoms with E-state index in [2.05, 4.69) is 26.2 Å². The molecule has 0 radical (unpaired) electrons. The maximum Gasteiger partial charge on any atom is 0.407 e. The van der Waals surface area contributed by atoms with Crippen molar-refractivity contribution in [1.29, 1.82) is 0 Å².